The summed E-state index contributed by atoms with van der Waals surface area (Å²) in [6.07, 6.45) is 0. The predicted molar refractivity (Wildman–Crippen MR) is 271 cm³/mol. The third-order valence-corrected chi connectivity index (χ3v) is 14.3. The van der Waals surface area contributed by atoms with Gasteiger partial charge in [-0.2, -0.15) is 0 Å². The molecular weight excluding hydrogens is 787 g/mol. The van der Waals surface area contributed by atoms with Gasteiger partial charge in [0, 0.05) is 33.9 Å². The molecule has 2 heteroatoms. The molecule has 0 bridgehead atoms. The number of nitrogens with zero attached hydrogens (tertiary/aromatic N) is 1. The van der Waals surface area contributed by atoms with Gasteiger partial charge >= 0.3 is 0 Å². The highest BCUT2D eigenvalue weighted by Crippen LogP contribution is 2.64. The van der Waals surface area contributed by atoms with Gasteiger partial charge in [-0.15, -0.1) is 0 Å². The molecule has 14 rings (SSSR count). The number of furan rings is 1. The minimum atomic E-state index is -0.649. The molecule has 12 aromatic rings. The number of para-hydroxylation sites is 1. The zero-order chi connectivity index (χ0) is 42.6. The topological polar surface area (TPSA) is 16.4 Å². The predicted octanol–water partition coefficient (Wildman–Crippen LogP) is 17.0. The molecule has 0 radical (unpaired) electrons. The minimum absolute atomic E-state index is 0.649. The average molecular weight is 826 g/mol. The van der Waals surface area contributed by atoms with Crippen LogP contribution >= 0.6 is 0 Å². The van der Waals surface area contributed by atoms with Crippen molar-refractivity contribution in [3.63, 3.8) is 0 Å². The van der Waals surface area contributed by atoms with Crippen LogP contribution in [-0.4, -0.2) is 0 Å². The van der Waals surface area contributed by atoms with Crippen molar-refractivity contribution in [1.82, 2.24) is 0 Å². The van der Waals surface area contributed by atoms with Crippen LogP contribution in [0.1, 0.15) is 22.3 Å². The fourth-order valence-corrected chi connectivity index (χ4v) is 11.6. The minimum Gasteiger partial charge on any atom is -0.456 e. The second kappa shape index (κ2) is 13.8. The van der Waals surface area contributed by atoms with Crippen molar-refractivity contribution in [3.05, 3.63) is 259 Å². The molecule has 0 N–H and O–H groups in total. The third-order valence-electron chi connectivity index (χ3n) is 14.3. The number of anilines is 3. The van der Waals surface area contributed by atoms with Gasteiger partial charge in [-0.3, -0.25) is 0 Å². The Bertz CT molecular complexity index is 3890. The third kappa shape index (κ3) is 5.11. The van der Waals surface area contributed by atoms with E-state index in [-0.39, 0.29) is 0 Å². The summed E-state index contributed by atoms with van der Waals surface area (Å²) in [4.78, 5) is 2.41. The molecule has 0 aliphatic heterocycles. The maximum Gasteiger partial charge on any atom is 0.137 e. The Morgan fingerprint density at radius 3 is 1.69 bits per heavy atom. The molecule has 1 aromatic heterocycles. The molecular formula is C63H39NO. The highest BCUT2D eigenvalue weighted by molar-refractivity contribution is 6.12. The van der Waals surface area contributed by atoms with E-state index in [4.69, 9.17) is 4.42 Å². The second-order valence-electron chi connectivity index (χ2n) is 17.5. The van der Waals surface area contributed by atoms with E-state index in [2.05, 4.69) is 235 Å². The van der Waals surface area contributed by atoms with Crippen LogP contribution in [0.25, 0.3) is 88.0 Å². The number of benzene rings is 11. The Kier molecular flexibility index (Phi) is 7.64. The van der Waals surface area contributed by atoms with Gasteiger partial charge in [0.1, 0.15) is 11.2 Å². The van der Waals surface area contributed by atoms with Gasteiger partial charge in [0.15, 0.2) is 0 Å². The molecule has 65 heavy (non-hydrogen) atoms. The molecule has 2 nitrogen and oxygen atoms in total. The standard InChI is InChI=1S/C63H39NO/c1-2-14-40(15-3-1)41-28-31-44(32-29-41)64(46-34-37-53-52-22-8-11-27-59(52)65-60(53)39-46)45-33-36-51-49-20-6-9-25-56(49)63(58(51)38-45)57-26-10-7-21-50(57)54-24-13-18-43-30-35-55(62(63)61(43)54)48-23-12-17-42-16-4-5-19-47(42)48/h1-39H. The Balaban J connectivity index is 1.08. The number of hydrogen-bond donors (Lipinski definition) is 0. The van der Waals surface area contributed by atoms with Crippen LogP contribution in [0, 0.1) is 0 Å². The van der Waals surface area contributed by atoms with Crippen molar-refractivity contribution in [3.8, 4) is 44.5 Å². The summed E-state index contributed by atoms with van der Waals surface area (Å²) in [5.74, 6) is 0. The molecule has 302 valence electrons. The lowest BCUT2D eigenvalue weighted by Gasteiger charge is -2.42. The molecule has 0 saturated heterocycles. The van der Waals surface area contributed by atoms with Gasteiger partial charge in [-0.25, -0.2) is 0 Å². The highest BCUT2D eigenvalue weighted by Gasteiger charge is 2.51. The van der Waals surface area contributed by atoms with E-state index >= 15 is 0 Å². The summed E-state index contributed by atoms with van der Waals surface area (Å²) < 4.78 is 6.56. The average Bonchev–Trinajstić information content (AvgIpc) is 3.89. The summed E-state index contributed by atoms with van der Waals surface area (Å²) >= 11 is 0. The van der Waals surface area contributed by atoms with Gasteiger partial charge in [0.25, 0.3) is 0 Å². The first-order valence-corrected chi connectivity index (χ1v) is 22.5. The number of fused-ring (bicyclic) bond motifs is 13. The van der Waals surface area contributed by atoms with Gasteiger partial charge in [0.05, 0.1) is 5.41 Å². The van der Waals surface area contributed by atoms with Gasteiger partial charge in [-0.1, -0.05) is 188 Å². The van der Waals surface area contributed by atoms with E-state index in [9.17, 15) is 0 Å². The molecule has 1 heterocycles. The summed E-state index contributed by atoms with van der Waals surface area (Å²) in [7, 11) is 0. The maximum atomic E-state index is 6.56. The lowest BCUT2D eigenvalue weighted by molar-refractivity contribution is 0.669. The summed E-state index contributed by atoms with van der Waals surface area (Å²) in [6, 6.07) is 87.4. The molecule has 1 atom stereocenters. The fourth-order valence-electron chi connectivity index (χ4n) is 11.6. The number of hydrogen-bond acceptors (Lipinski definition) is 2. The maximum absolute atomic E-state index is 6.56. The van der Waals surface area contributed by atoms with E-state index in [0.717, 1.165) is 39.0 Å². The SMILES string of the molecule is c1ccc(-c2ccc(N(c3ccc4c(c3)C3(c5ccccc5-4)c4ccccc4-c4cccc5ccc(-c6cccc7ccccc67)c3c45)c3ccc4c(c3)oc3ccccc34)cc2)cc1. The van der Waals surface area contributed by atoms with Crippen LogP contribution in [0.4, 0.5) is 17.1 Å². The zero-order valence-corrected chi connectivity index (χ0v) is 35.4. The van der Waals surface area contributed by atoms with Crippen molar-refractivity contribution in [2.75, 3.05) is 4.90 Å². The fraction of sp³-hybridized carbons (Fsp3) is 0.0159. The van der Waals surface area contributed by atoms with Crippen LogP contribution < -0.4 is 4.90 Å². The summed E-state index contributed by atoms with van der Waals surface area (Å²) in [6.45, 7) is 0. The van der Waals surface area contributed by atoms with E-state index in [1.807, 2.05) is 6.07 Å². The largest absolute Gasteiger partial charge is 0.456 e. The van der Waals surface area contributed by atoms with Crippen LogP contribution in [0.2, 0.25) is 0 Å². The van der Waals surface area contributed by atoms with Crippen molar-refractivity contribution in [1.29, 1.82) is 0 Å². The molecule has 0 fully saturated rings. The Hall–Kier alpha value is -8.46. The Morgan fingerprint density at radius 2 is 0.862 bits per heavy atom. The molecule has 2 aliphatic rings. The number of rotatable bonds is 5. The smallest absolute Gasteiger partial charge is 0.137 e. The van der Waals surface area contributed by atoms with E-state index in [0.29, 0.717) is 0 Å². The van der Waals surface area contributed by atoms with Crippen molar-refractivity contribution in [2.24, 2.45) is 0 Å². The molecule has 1 unspecified atom stereocenters. The molecule has 0 amide bonds. The van der Waals surface area contributed by atoms with Crippen molar-refractivity contribution < 1.29 is 4.42 Å². The second-order valence-corrected chi connectivity index (χ2v) is 17.5. The van der Waals surface area contributed by atoms with Crippen molar-refractivity contribution in [2.45, 2.75) is 5.41 Å². The monoisotopic (exact) mass is 825 g/mol. The van der Waals surface area contributed by atoms with Crippen LogP contribution in [0.3, 0.4) is 0 Å². The van der Waals surface area contributed by atoms with Crippen LogP contribution in [-0.2, 0) is 5.41 Å². The van der Waals surface area contributed by atoms with Gasteiger partial charge < -0.3 is 9.32 Å². The lowest BCUT2D eigenvalue weighted by Crippen LogP contribution is -2.32. The summed E-state index contributed by atoms with van der Waals surface area (Å²) in [5, 5.41) is 7.28. The normalized spacial score (nSPS) is 14.5. The Morgan fingerprint density at radius 1 is 0.308 bits per heavy atom. The zero-order valence-electron chi connectivity index (χ0n) is 35.4. The van der Waals surface area contributed by atoms with Crippen molar-refractivity contribution >= 4 is 60.5 Å². The van der Waals surface area contributed by atoms with E-state index in [1.165, 1.54) is 88.3 Å². The summed E-state index contributed by atoms with van der Waals surface area (Å²) in [5.41, 5.74) is 19.5. The van der Waals surface area contributed by atoms with E-state index < -0.39 is 5.41 Å². The molecule has 2 aliphatic carbocycles. The van der Waals surface area contributed by atoms with Crippen LogP contribution in [0.15, 0.2) is 241 Å². The highest BCUT2D eigenvalue weighted by atomic mass is 16.3. The Labute approximate surface area is 376 Å². The first-order chi connectivity index (χ1) is 32.2. The van der Waals surface area contributed by atoms with E-state index in [1.54, 1.807) is 0 Å². The van der Waals surface area contributed by atoms with Gasteiger partial charge in [-0.05, 0) is 131 Å². The first-order valence-electron chi connectivity index (χ1n) is 22.5. The molecule has 0 saturated carbocycles. The molecule has 1 spiro atoms. The van der Waals surface area contributed by atoms with Gasteiger partial charge in [0.2, 0.25) is 0 Å². The van der Waals surface area contributed by atoms with Crippen LogP contribution in [0.5, 0.6) is 0 Å². The lowest BCUT2D eigenvalue weighted by atomic mass is 9.60. The first kappa shape index (κ1) is 36.1. The molecule has 11 aromatic carbocycles. The quantitative estimate of drug-likeness (QED) is 0.172.